The number of thioether (sulfide) groups is 1. The second kappa shape index (κ2) is 15.7. The minimum atomic E-state index is -1.42. The monoisotopic (exact) mass is 617 g/mol. The van der Waals surface area contributed by atoms with Gasteiger partial charge in [0.05, 0.1) is 28.5 Å². The zero-order valence-electron chi connectivity index (χ0n) is 24.8. The molecule has 43 heavy (non-hydrogen) atoms. The molecule has 0 radical (unpaired) electrons. The maximum absolute atomic E-state index is 13.8. The molecule has 10 nitrogen and oxygen atoms in total. The third kappa shape index (κ3) is 8.90. The number of ketones is 1. The lowest BCUT2D eigenvalue weighted by Gasteiger charge is -2.23. The summed E-state index contributed by atoms with van der Waals surface area (Å²) in [7, 11) is 1.41. The van der Waals surface area contributed by atoms with Crippen molar-refractivity contribution in [2.24, 2.45) is 7.05 Å². The van der Waals surface area contributed by atoms with E-state index in [2.05, 4.69) is 20.6 Å². The van der Waals surface area contributed by atoms with Crippen LogP contribution in [-0.2, 0) is 29.6 Å². The number of hydrogen-bond donors (Lipinski definition) is 3. The lowest BCUT2D eigenvalue weighted by Crippen LogP contribution is -2.31. The highest BCUT2D eigenvalue weighted by Crippen LogP contribution is 2.27. The first-order valence-corrected chi connectivity index (χ1v) is 15.2. The molecule has 1 aliphatic heterocycles. The van der Waals surface area contributed by atoms with E-state index >= 15 is 0 Å². The molecule has 2 aromatic heterocycles. The molecule has 3 aromatic rings. The van der Waals surface area contributed by atoms with Crippen LogP contribution in [0.2, 0.25) is 0 Å². The third-order valence-corrected chi connectivity index (χ3v) is 8.08. The van der Waals surface area contributed by atoms with Gasteiger partial charge in [0, 0.05) is 43.9 Å². The molecule has 3 heterocycles. The van der Waals surface area contributed by atoms with E-state index in [0.29, 0.717) is 30.1 Å². The predicted molar refractivity (Wildman–Crippen MR) is 162 cm³/mol. The van der Waals surface area contributed by atoms with Gasteiger partial charge in [-0.05, 0) is 26.2 Å². The molecule has 5 rings (SSSR count). The van der Waals surface area contributed by atoms with E-state index < -0.39 is 28.6 Å². The average Bonchev–Trinajstić information content (AvgIpc) is 2.98. The molecule has 3 N–H and O–H groups in total. The van der Waals surface area contributed by atoms with Gasteiger partial charge in [-0.25, -0.2) is 23.5 Å². The Kier molecular flexibility index (Phi) is 12.3. The number of pyridine rings is 1. The number of aromatic carboxylic acids is 1. The van der Waals surface area contributed by atoms with Crippen molar-refractivity contribution in [1.82, 2.24) is 19.9 Å². The lowest BCUT2D eigenvalue weighted by molar-refractivity contribution is -0.116. The fourth-order valence-electron chi connectivity index (χ4n) is 4.73. The van der Waals surface area contributed by atoms with Crippen molar-refractivity contribution in [2.45, 2.75) is 83.3 Å². The Bertz CT molecular complexity index is 1560. The maximum Gasteiger partial charge on any atom is 0.341 e. The fraction of sp³-hybridized carbons (Fsp3) is 0.467. The van der Waals surface area contributed by atoms with Gasteiger partial charge in [-0.3, -0.25) is 9.59 Å². The Morgan fingerprint density at radius 1 is 1.16 bits per heavy atom. The molecule has 0 atom stereocenters. The van der Waals surface area contributed by atoms with E-state index in [0.717, 1.165) is 23.5 Å². The van der Waals surface area contributed by atoms with Crippen molar-refractivity contribution >= 4 is 46.1 Å². The van der Waals surface area contributed by atoms with Gasteiger partial charge in [-0.2, -0.15) is 0 Å². The summed E-state index contributed by atoms with van der Waals surface area (Å²) in [6, 6.07) is 1.32. The zero-order valence-corrected chi connectivity index (χ0v) is 25.6. The van der Waals surface area contributed by atoms with E-state index in [9.17, 15) is 28.0 Å². The van der Waals surface area contributed by atoms with Gasteiger partial charge in [-0.15, -0.1) is 0 Å². The first kappa shape index (κ1) is 33.8. The molecule has 0 unspecified atom stereocenters. The molecule has 0 spiro atoms. The Morgan fingerprint density at radius 3 is 2.44 bits per heavy atom. The number of nitrogens with zero attached hydrogens (tertiary/aromatic N) is 3. The summed E-state index contributed by atoms with van der Waals surface area (Å²) in [4.78, 5) is 53.0. The molecule has 0 saturated heterocycles. The van der Waals surface area contributed by atoms with E-state index in [4.69, 9.17) is 5.11 Å². The van der Waals surface area contributed by atoms with Gasteiger partial charge < -0.3 is 25.1 Å². The molecule has 1 saturated carbocycles. The predicted octanol–water partition coefficient (Wildman–Crippen LogP) is 5.01. The van der Waals surface area contributed by atoms with Crippen LogP contribution in [0.3, 0.4) is 0 Å². The Morgan fingerprint density at radius 2 is 1.84 bits per heavy atom. The molecule has 1 amide bonds. The largest absolute Gasteiger partial charge is 0.477 e. The number of rotatable bonds is 6. The van der Waals surface area contributed by atoms with E-state index in [1.54, 1.807) is 20.0 Å². The van der Waals surface area contributed by atoms with E-state index in [1.165, 1.54) is 55.5 Å². The van der Waals surface area contributed by atoms with Crippen molar-refractivity contribution in [2.75, 3.05) is 11.1 Å². The summed E-state index contributed by atoms with van der Waals surface area (Å²) < 4.78 is 28.7. The minimum Gasteiger partial charge on any atom is -0.477 e. The second-order valence-electron chi connectivity index (χ2n) is 10.3. The van der Waals surface area contributed by atoms with Crippen LogP contribution >= 0.6 is 11.8 Å². The third-order valence-electron chi connectivity index (χ3n) is 7.10. The van der Waals surface area contributed by atoms with Gasteiger partial charge in [0.1, 0.15) is 22.2 Å². The molecule has 2 aliphatic rings. The van der Waals surface area contributed by atoms with Gasteiger partial charge in [0.15, 0.2) is 11.6 Å². The highest BCUT2D eigenvalue weighted by molar-refractivity contribution is 8.00. The number of carbonyl (C=O) groups is 3. The zero-order chi connectivity index (χ0) is 31.7. The molecule has 1 fully saturated rings. The topological polar surface area (TPSA) is 143 Å². The first-order valence-electron chi connectivity index (χ1n) is 14.2. The van der Waals surface area contributed by atoms with Crippen LogP contribution in [0.25, 0.3) is 10.9 Å². The number of fused-ring (bicyclic) bond motifs is 2. The quantitative estimate of drug-likeness (QED) is 0.348. The molecule has 13 heteroatoms. The summed E-state index contributed by atoms with van der Waals surface area (Å²) in [6.07, 6.45) is 10.2. The molecular weight excluding hydrogens is 580 g/mol. The molecule has 0 bridgehead atoms. The van der Waals surface area contributed by atoms with Crippen LogP contribution in [0.5, 0.6) is 0 Å². The van der Waals surface area contributed by atoms with Crippen LogP contribution < -0.4 is 16.1 Å². The van der Waals surface area contributed by atoms with Gasteiger partial charge in [-0.1, -0.05) is 44.9 Å². The minimum absolute atomic E-state index is 0.00388. The summed E-state index contributed by atoms with van der Waals surface area (Å²) in [6.45, 7) is 5.77. The summed E-state index contributed by atoms with van der Waals surface area (Å²) in [5.41, 5.74) is -0.536. The molecule has 1 aliphatic carbocycles. The number of carboxylic acids is 1. The Hall–Kier alpha value is -3.71. The van der Waals surface area contributed by atoms with Crippen molar-refractivity contribution in [3.05, 3.63) is 57.1 Å². The number of nitrogens with one attached hydrogen (secondary N) is 2. The van der Waals surface area contributed by atoms with Crippen molar-refractivity contribution < 1.29 is 28.3 Å². The number of aryl methyl sites for hydroxylation is 2. The molecule has 1 aromatic carbocycles. The van der Waals surface area contributed by atoms with Crippen LogP contribution in [0, 0.1) is 11.6 Å². The standard InChI is InChI=1S/C13H11F2NO3.C13H18N4OS.C4H8O/c1-3-6-8(14)4-9(15)11-10(6)12(17)7(13(18)19)5-16(11)2;18-11-8-19-13-12(17-11)16-10(7-15-13)6-14-9-4-2-1-3-5-9;1-3-4(2)5/h4-5H,3H2,1-2H3,(H,18,19);7,9,14H,1-6,8H2,(H,16,17,18);3H2,1-2H3. The van der Waals surface area contributed by atoms with Gasteiger partial charge >= 0.3 is 5.97 Å². The number of hydrogen-bond acceptors (Lipinski definition) is 8. The summed E-state index contributed by atoms with van der Waals surface area (Å²) in [5.74, 6) is -1.84. The van der Waals surface area contributed by atoms with Crippen LogP contribution in [0.1, 0.15) is 80.9 Å². The number of Topliss-reactive ketones (excluding diaryl/α,β-unsaturated/α-hetero) is 1. The van der Waals surface area contributed by atoms with E-state index in [1.807, 2.05) is 6.92 Å². The normalized spacial score (nSPS) is 14.5. The van der Waals surface area contributed by atoms with Gasteiger partial charge in [0.2, 0.25) is 11.3 Å². The molecular formula is C30H37F2N5O5S. The highest BCUT2D eigenvalue weighted by atomic mass is 32.2. The smallest absolute Gasteiger partial charge is 0.341 e. The Labute approximate surface area is 252 Å². The number of benzene rings is 1. The summed E-state index contributed by atoms with van der Waals surface area (Å²) >= 11 is 1.45. The SMILES string of the molecule is CCC(C)=O.CCc1c(F)cc(F)c2c1c(=O)c(C(=O)O)cn2C.O=C1CSc2ncc(CNC3CCCCC3)nc2N1. The van der Waals surface area contributed by atoms with Crippen LogP contribution in [0.15, 0.2) is 28.3 Å². The lowest BCUT2D eigenvalue weighted by atomic mass is 9.95. The second-order valence-corrected chi connectivity index (χ2v) is 11.3. The van der Waals surface area contributed by atoms with Crippen molar-refractivity contribution in [3.63, 3.8) is 0 Å². The average molecular weight is 618 g/mol. The van der Waals surface area contributed by atoms with E-state index in [-0.39, 0.29) is 34.6 Å². The molecule has 232 valence electrons. The van der Waals surface area contributed by atoms with Crippen LogP contribution in [0.4, 0.5) is 14.6 Å². The number of carbonyl (C=O) groups excluding carboxylic acids is 2. The Balaban J connectivity index is 0.000000204. The number of amides is 1. The van der Waals surface area contributed by atoms with Crippen molar-refractivity contribution in [3.8, 4) is 0 Å². The number of carboxylic acid groups (broad SMARTS) is 1. The number of halogens is 2. The highest BCUT2D eigenvalue weighted by Gasteiger charge is 2.21. The van der Waals surface area contributed by atoms with Crippen LogP contribution in [-0.4, -0.2) is 49.1 Å². The van der Waals surface area contributed by atoms with Crippen molar-refractivity contribution in [1.29, 1.82) is 0 Å². The maximum atomic E-state index is 13.8. The first-order chi connectivity index (χ1) is 20.5. The number of aromatic nitrogens is 3. The summed E-state index contributed by atoms with van der Waals surface area (Å²) in [5, 5.41) is 15.9. The van der Waals surface area contributed by atoms with Gasteiger partial charge in [0.25, 0.3) is 0 Å². The fourth-order valence-corrected chi connectivity index (χ4v) is 5.43. The number of anilines is 1.